The van der Waals surface area contributed by atoms with E-state index in [2.05, 4.69) is 58.3 Å². The molecule has 3 heteroatoms. The summed E-state index contributed by atoms with van der Waals surface area (Å²) in [6, 6.07) is 8.66. The molecule has 0 saturated carbocycles. The van der Waals surface area contributed by atoms with Gasteiger partial charge in [0.15, 0.2) is 0 Å². The lowest BCUT2D eigenvalue weighted by molar-refractivity contribution is -0.431. The van der Waals surface area contributed by atoms with Gasteiger partial charge in [0, 0.05) is 13.0 Å². The summed E-state index contributed by atoms with van der Waals surface area (Å²) in [5.74, 6) is 0. The summed E-state index contributed by atoms with van der Waals surface area (Å²) in [6.45, 7) is 1.93. The van der Waals surface area contributed by atoms with Crippen LogP contribution in [0.4, 0.5) is 0 Å². The van der Waals surface area contributed by atoms with E-state index in [1.54, 1.807) is 0 Å². The molecule has 0 spiro atoms. The summed E-state index contributed by atoms with van der Waals surface area (Å²) in [6.07, 6.45) is 9.80. The van der Waals surface area contributed by atoms with Gasteiger partial charge in [-0.05, 0) is 30.0 Å². The molecule has 0 radical (unpaired) electrons. The summed E-state index contributed by atoms with van der Waals surface area (Å²) in [4.78, 5) is 0. The van der Waals surface area contributed by atoms with Crippen LogP contribution in [0.1, 0.15) is 24.0 Å². The maximum atomic E-state index is 4.63. The summed E-state index contributed by atoms with van der Waals surface area (Å²) in [5, 5.41) is 6.79. The zero-order chi connectivity index (χ0) is 13.1. The summed E-state index contributed by atoms with van der Waals surface area (Å²) in [5.41, 5.74) is 4.07. The topological polar surface area (TPSA) is 18.6 Å². The predicted molar refractivity (Wildman–Crippen MR) is 78.6 cm³/mol. The highest BCUT2D eigenvalue weighted by molar-refractivity contribution is 5.77. The Balaban J connectivity index is 1.69. The second-order valence-corrected chi connectivity index (χ2v) is 5.15. The van der Waals surface area contributed by atoms with E-state index in [0.717, 1.165) is 32.4 Å². The second-order valence-electron chi connectivity index (χ2n) is 5.15. The van der Waals surface area contributed by atoms with E-state index in [0.29, 0.717) is 0 Å². The van der Waals surface area contributed by atoms with Crippen LogP contribution >= 0.6 is 0 Å². The number of hydrogen-bond acceptors (Lipinski definition) is 2. The Morgan fingerprint density at radius 1 is 1.21 bits per heavy atom. The number of hydrazone groups is 1. The zero-order valence-corrected chi connectivity index (χ0v) is 11.4. The molecule has 0 fully saturated rings. The van der Waals surface area contributed by atoms with Gasteiger partial charge in [-0.15, -0.1) is 0 Å². The molecule has 0 N–H and O–H groups in total. The van der Waals surface area contributed by atoms with Crippen molar-refractivity contribution in [1.82, 2.24) is 5.01 Å². The van der Waals surface area contributed by atoms with E-state index >= 15 is 0 Å². The Bertz CT molecular complexity index is 555. The molecule has 3 nitrogen and oxygen atoms in total. The molecule has 2 aliphatic heterocycles. The van der Waals surface area contributed by atoms with Gasteiger partial charge >= 0.3 is 0 Å². The van der Waals surface area contributed by atoms with E-state index in [1.807, 2.05) is 6.21 Å². The van der Waals surface area contributed by atoms with Gasteiger partial charge in [-0.25, -0.2) is 4.58 Å². The van der Waals surface area contributed by atoms with Gasteiger partial charge in [0.05, 0.1) is 6.54 Å². The largest absolute Gasteiger partial charge is 0.292 e. The normalized spacial score (nSPS) is 19.1. The van der Waals surface area contributed by atoms with Gasteiger partial charge in [0.2, 0.25) is 5.70 Å². The van der Waals surface area contributed by atoms with Crippen molar-refractivity contribution in [3.05, 3.63) is 47.2 Å². The molecule has 98 valence electrons. The fraction of sp³-hybridized carbons (Fsp3) is 0.375. The summed E-state index contributed by atoms with van der Waals surface area (Å²) >= 11 is 0. The van der Waals surface area contributed by atoms with Crippen LogP contribution in [0.2, 0.25) is 0 Å². The van der Waals surface area contributed by atoms with Crippen LogP contribution in [0.15, 0.2) is 41.1 Å². The molecule has 19 heavy (non-hydrogen) atoms. The lowest BCUT2D eigenvalue weighted by atomic mass is 10.0. The first kappa shape index (κ1) is 12.2. The summed E-state index contributed by atoms with van der Waals surface area (Å²) in [7, 11) is 2.09. The smallest absolute Gasteiger partial charge is 0.220 e. The maximum Gasteiger partial charge on any atom is 0.220 e. The first-order chi connectivity index (χ1) is 9.33. The average molecular weight is 254 g/mol. The van der Waals surface area contributed by atoms with Crippen molar-refractivity contribution < 1.29 is 4.58 Å². The molecule has 0 aromatic heterocycles. The number of hydrogen-bond donors (Lipinski definition) is 0. The SMILES string of the molecule is C[N+]1=CCCC=C1C=NN1CCc2ccccc2C1. The lowest BCUT2D eigenvalue weighted by Gasteiger charge is -2.26. The molecule has 0 amide bonds. The number of benzene rings is 1. The summed E-state index contributed by atoms with van der Waals surface area (Å²) < 4.78 is 2.16. The second kappa shape index (κ2) is 5.39. The van der Waals surface area contributed by atoms with Crippen molar-refractivity contribution in [3.8, 4) is 0 Å². The number of nitrogens with zero attached hydrogens (tertiary/aromatic N) is 3. The van der Waals surface area contributed by atoms with Gasteiger partial charge in [0.25, 0.3) is 0 Å². The maximum absolute atomic E-state index is 4.63. The highest BCUT2D eigenvalue weighted by Gasteiger charge is 2.14. The van der Waals surface area contributed by atoms with E-state index in [4.69, 9.17) is 0 Å². The highest BCUT2D eigenvalue weighted by Crippen LogP contribution is 2.18. The molecule has 1 aromatic rings. The fourth-order valence-electron chi connectivity index (χ4n) is 2.61. The van der Waals surface area contributed by atoms with Crippen LogP contribution in [0.3, 0.4) is 0 Å². The predicted octanol–water partition coefficient (Wildman–Crippen LogP) is 2.42. The van der Waals surface area contributed by atoms with Crippen LogP contribution < -0.4 is 0 Å². The molecule has 2 aliphatic rings. The molecule has 0 saturated heterocycles. The van der Waals surface area contributed by atoms with Crippen LogP contribution in [0.5, 0.6) is 0 Å². The van der Waals surface area contributed by atoms with Crippen molar-refractivity contribution in [3.63, 3.8) is 0 Å². The van der Waals surface area contributed by atoms with Gasteiger partial charge in [0.1, 0.15) is 19.5 Å². The van der Waals surface area contributed by atoms with Crippen LogP contribution in [0.25, 0.3) is 0 Å². The van der Waals surface area contributed by atoms with Crippen molar-refractivity contribution >= 4 is 12.4 Å². The molecule has 0 unspecified atom stereocenters. The van der Waals surface area contributed by atoms with E-state index in [1.165, 1.54) is 16.8 Å². The Morgan fingerprint density at radius 2 is 2.05 bits per heavy atom. The standard InChI is InChI=1S/C16H20N3/c1-18-10-5-4-8-16(18)12-17-19-11-9-14-6-2-3-7-15(14)13-19/h2-3,6-8,10,12H,4-5,9,11,13H2,1H3/q+1. The van der Waals surface area contributed by atoms with Gasteiger partial charge in [-0.3, -0.25) is 5.01 Å². The molecule has 0 aliphatic carbocycles. The average Bonchev–Trinajstić information content (AvgIpc) is 2.46. The fourth-order valence-corrected chi connectivity index (χ4v) is 2.61. The zero-order valence-electron chi connectivity index (χ0n) is 11.4. The minimum atomic E-state index is 0.924. The monoisotopic (exact) mass is 254 g/mol. The minimum Gasteiger partial charge on any atom is -0.292 e. The molecule has 1 aromatic carbocycles. The van der Waals surface area contributed by atoms with Gasteiger partial charge < -0.3 is 0 Å². The lowest BCUT2D eigenvalue weighted by Crippen LogP contribution is -2.26. The molecule has 2 heterocycles. The number of fused-ring (bicyclic) bond motifs is 1. The third-order valence-corrected chi connectivity index (χ3v) is 3.79. The number of allylic oxidation sites excluding steroid dienone is 2. The van der Waals surface area contributed by atoms with Crippen molar-refractivity contribution in [2.24, 2.45) is 5.10 Å². The van der Waals surface area contributed by atoms with Crippen LogP contribution in [-0.4, -0.2) is 35.6 Å². The third kappa shape index (κ3) is 2.75. The van der Waals surface area contributed by atoms with Gasteiger partial charge in [-0.2, -0.15) is 5.10 Å². The van der Waals surface area contributed by atoms with Gasteiger partial charge in [-0.1, -0.05) is 24.3 Å². The van der Waals surface area contributed by atoms with Crippen molar-refractivity contribution in [2.45, 2.75) is 25.8 Å². The van der Waals surface area contributed by atoms with E-state index < -0.39 is 0 Å². The third-order valence-electron chi connectivity index (χ3n) is 3.79. The Hall–Kier alpha value is -1.90. The molecule has 3 rings (SSSR count). The first-order valence-corrected chi connectivity index (χ1v) is 6.95. The Kier molecular flexibility index (Phi) is 3.45. The molecular weight excluding hydrogens is 234 g/mol. The van der Waals surface area contributed by atoms with E-state index in [-0.39, 0.29) is 0 Å². The quantitative estimate of drug-likeness (QED) is 0.586. The molecular formula is C16H20N3+. The van der Waals surface area contributed by atoms with Crippen molar-refractivity contribution in [1.29, 1.82) is 0 Å². The number of rotatable bonds is 2. The minimum absolute atomic E-state index is 0.924. The Labute approximate surface area is 114 Å². The first-order valence-electron chi connectivity index (χ1n) is 6.95. The highest BCUT2D eigenvalue weighted by atomic mass is 15.4. The molecule has 0 atom stereocenters. The van der Waals surface area contributed by atoms with Crippen LogP contribution in [0, 0.1) is 0 Å². The van der Waals surface area contributed by atoms with Crippen molar-refractivity contribution in [2.75, 3.05) is 13.6 Å². The van der Waals surface area contributed by atoms with E-state index in [9.17, 15) is 0 Å². The van der Waals surface area contributed by atoms with Crippen LogP contribution in [-0.2, 0) is 13.0 Å². The molecule has 0 bridgehead atoms. The Morgan fingerprint density at radius 3 is 2.89 bits per heavy atom.